The molecule has 1 saturated carbocycles. The molecule has 0 bridgehead atoms. The Morgan fingerprint density at radius 1 is 1.24 bits per heavy atom. The van der Waals surface area contributed by atoms with Crippen molar-refractivity contribution in [2.45, 2.75) is 25.3 Å². The van der Waals surface area contributed by atoms with E-state index in [0.29, 0.717) is 28.8 Å². The van der Waals surface area contributed by atoms with E-state index >= 15 is 0 Å². The van der Waals surface area contributed by atoms with Gasteiger partial charge in [0.25, 0.3) is 5.91 Å². The Kier molecular flexibility index (Phi) is 3.31. The third-order valence-electron chi connectivity index (χ3n) is 5.16. The summed E-state index contributed by atoms with van der Waals surface area (Å²) < 4.78 is 0. The Hall–Kier alpha value is -2.40. The Morgan fingerprint density at radius 2 is 2.12 bits per heavy atom. The van der Waals surface area contributed by atoms with E-state index in [2.05, 4.69) is 21.0 Å². The number of aromatic nitrogens is 3. The zero-order chi connectivity index (χ0) is 17.0. The molecule has 5 rings (SSSR count). The standard InChI is InChI=1S/C19H17ClN4O/c20-13-4-1-5-15-16(13)23-18(22-15)19(25)24-10-8-14-12(3-2-9-21-14)17(24)11-6-7-11/h1-5,9,11,17H,6-8,10H2,(H,22,23)/t17-/m1/s1. The molecule has 1 aliphatic heterocycles. The smallest absolute Gasteiger partial charge is 0.290 e. The minimum Gasteiger partial charge on any atom is -0.334 e. The van der Waals surface area contributed by atoms with Gasteiger partial charge in [-0.05, 0) is 42.5 Å². The number of fused-ring (bicyclic) bond motifs is 2. The highest BCUT2D eigenvalue weighted by Gasteiger charge is 2.42. The van der Waals surface area contributed by atoms with Crippen LogP contribution in [0, 0.1) is 5.92 Å². The van der Waals surface area contributed by atoms with Crippen LogP contribution in [0.2, 0.25) is 5.02 Å². The van der Waals surface area contributed by atoms with Gasteiger partial charge in [0.15, 0.2) is 5.82 Å². The van der Waals surface area contributed by atoms with E-state index in [0.717, 1.165) is 30.5 Å². The van der Waals surface area contributed by atoms with Crippen LogP contribution in [0.3, 0.4) is 0 Å². The number of amides is 1. The normalized spacial score (nSPS) is 19.9. The molecule has 5 nitrogen and oxygen atoms in total. The van der Waals surface area contributed by atoms with Gasteiger partial charge in [-0.25, -0.2) is 4.98 Å². The van der Waals surface area contributed by atoms with Crippen LogP contribution in [-0.2, 0) is 6.42 Å². The maximum Gasteiger partial charge on any atom is 0.290 e. The van der Waals surface area contributed by atoms with Crippen LogP contribution >= 0.6 is 11.6 Å². The summed E-state index contributed by atoms with van der Waals surface area (Å²) in [6, 6.07) is 9.71. The third-order valence-corrected chi connectivity index (χ3v) is 5.47. The summed E-state index contributed by atoms with van der Waals surface area (Å²) in [7, 11) is 0. The van der Waals surface area contributed by atoms with Crippen molar-refractivity contribution in [1.82, 2.24) is 19.9 Å². The molecule has 2 aromatic heterocycles. The summed E-state index contributed by atoms with van der Waals surface area (Å²) in [5.74, 6) is 0.833. The van der Waals surface area contributed by atoms with E-state index < -0.39 is 0 Å². The van der Waals surface area contributed by atoms with Gasteiger partial charge in [-0.15, -0.1) is 0 Å². The van der Waals surface area contributed by atoms with E-state index in [1.54, 1.807) is 6.07 Å². The molecule has 1 atom stereocenters. The molecule has 1 N–H and O–H groups in total. The quantitative estimate of drug-likeness (QED) is 0.763. The first-order valence-electron chi connectivity index (χ1n) is 8.61. The molecule has 0 radical (unpaired) electrons. The average Bonchev–Trinajstić information content (AvgIpc) is 3.38. The molecule has 3 aromatic rings. The number of halogens is 1. The summed E-state index contributed by atoms with van der Waals surface area (Å²) in [5, 5.41) is 0.555. The maximum absolute atomic E-state index is 13.2. The number of hydrogen-bond donors (Lipinski definition) is 1. The number of pyridine rings is 1. The van der Waals surface area contributed by atoms with Crippen molar-refractivity contribution in [3.05, 3.63) is 58.6 Å². The largest absolute Gasteiger partial charge is 0.334 e. The van der Waals surface area contributed by atoms with Crippen LogP contribution in [0.25, 0.3) is 11.0 Å². The van der Waals surface area contributed by atoms with Gasteiger partial charge < -0.3 is 9.88 Å². The van der Waals surface area contributed by atoms with Gasteiger partial charge in [0.1, 0.15) is 5.52 Å². The first-order chi connectivity index (χ1) is 12.2. The number of para-hydroxylation sites is 1. The van der Waals surface area contributed by atoms with Crippen molar-refractivity contribution in [2.75, 3.05) is 6.54 Å². The monoisotopic (exact) mass is 352 g/mol. The van der Waals surface area contributed by atoms with Crippen molar-refractivity contribution in [3.8, 4) is 0 Å². The second kappa shape index (κ2) is 5.56. The summed E-state index contributed by atoms with van der Waals surface area (Å²) >= 11 is 6.20. The lowest BCUT2D eigenvalue weighted by Crippen LogP contribution is -2.41. The van der Waals surface area contributed by atoms with Gasteiger partial charge in [-0.3, -0.25) is 9.78 Å². The number of benzene rings is 1. The number of nitrogens with one attached hydrogen (secondary N) is 1. The molecule has 2 aliphatic rings. The highest BCUT2D eigenvalue weighted by molar-refractivity contribution is 6.35. The van der Waals surface area contributed by atoms with Gasteiger partial charge in [0.05, 0.1) is 16.6 Å². The average molecular weight is 353 g/mol. The molecule has 6 heteroatoms. The molecular formula is C19H17ClN4O. The second-order valence-corrected chi connectivity index (χ2v) is 7.20. The van der Waals surface area contributed by atoms with Gasteiger partial charge >= 0.3 is 0 Å². The van der Waals surface area contributed by atoms with Crippen molar-refractivity contribution < 1.29 is 4.79 Å². The highest BCUT2D eigenvalue weighted by atomic mass is 35.5. The third kappa shape index (κ3) is 2.42. The fraction of sp³-hybridized carbons (Fsp3) is 0.316. The fourth-order valence-electron chi connectivity index (χ4n) is 3.84. The minimum atomic E-state index is -0.0568. The summed E-state index contributed by atoms with van der Waals surface area (Å²) in [4.78, 5) is 27.3. The van der Waals surface area contributed by atoms with Crippen LogP contribution in [0.5, 0.6) is 0 Å². The Bertz CT molecular complexity index is 978. The molecule has 1 fully saturated rings. The number of H-pyrrole nitrogens is 1. The van der Waals surface area contributed by atoms with E-state index in [-0.39, 0.29) is 11.9 Å². The van der Waals surface area contributed by atoms with Gasteiger partial charge in [0.2, 0.25) is 0 Å². The first kappa shape index (κ1) is 14.9. The van der Waals surface area contributed by atoms with Gasteiger partial charge in [-0.1, -0.05) is 23.7 Å². The minimum absolute atomic E-state index is 0.0568. The molecule has 25 heavy (non-hydrogen) atoms. The summed E-state index contributed by atoms with van der Waals surface area (Å²) in [5.41, 5.74) is 3.75. The molecule has 126 valence electrons. The predicted octanol–water partition coefficient (Wildman–Crippen LogP) is 3.76. The van der Waals surface area contributed by atoms with Crippen LogP contribution in [0.1, 0.15) is 40.8 Å². The Balaban J connectivity index is 1.55. The zero-order valence-corrected chi connectivity index (χ0v) is 14.3. The van der Waals surface area contributed by atoms with Gasteiger partial charge in [0, 0.05) is 24.9 Å². The number of carbonyl (C=O) groups is 1. The molecule has 1 aromatic carbocycles. The maximum atomic E-state index is 13.2. The molecule has 1 aliphatic carbocycles. The number of imidazole rings is 1. The van der Waals surface area contributed by atoms with Gasteiger partial charge in [-0.2, -0.15) is 0 Å². The van der Waals surface area contributed by atoms with Crippen LogP contribution in [0.15, 0.2) is 36.5 Å². The van der Waals surface area contributed by atoms with Crippen LogP contribution in [-0.4, -0.2) is 32.3 Å². The molecule has 3 heterocycles. The number of nitrogens with zero attached hydrogens (tertiary/aromatic N) is 3. The van der Waals surface area contributed by atoms with E-state index in [1.807, 2.05) is 29.3 Å². The SMILES string of the molecule is O=C(c1nc2c(Cl)cccc2[nH]1)N1CCc2ncccc2[C@H]1C1CC1. The molecule has 1 amide bonds. The van der Waals surface area contributed by atoms with Crippen LogP contribution in [0.4, 0.5) is 0 Å². The lowest BCUT2D eigenvalue weighted by Gasteiger charge is -2.36. The number of carbonyl (C=O) groups excluding carboxylic acids is 1. The lowest BCUT2D eigenvalue weighted by molar-refractivity contribution is 0.0621. The van der Waals surface area contributed by atoms with Crippen molar-refractivity contribution in [1.29, 1.82) is 0 Å². The summed E-state index contributed by atoms with van der Waals surface area (Å²) in [6.45, 7) is 0.675. The van der Waals surface area contributed by atoms with E-state index in [9.17, 15) is 4.79 Å². The van der Waals surface area contributed by atoms with E-state index in [1.165, 1.54) is 5.56 Å². The molecular weight excluding hydrogens is 336 g/mol. The Morgan fingerprint density at radius 3 is 2.92 bits per heavy atom. The topological polar surface area (TPSA) is 61.9 Å². The van der Waals surface area contributed by atoms with Crippen molar-refractivity contribution >= 4 is 28.5 Å². The molecule has 0 unspecified atom stereocenters. The zero-order valence-electron chi connectivity index (χ0n) is 13.6. The molecule has 0 spiro atoms. The van der Waals surface area contributed by atoms with Crippen LogP contribution < -0.4 is 0 Å². The predicted molar refractivity (Wildman–Crippen MR) is 95.5 cm³/mol. The Labute approximate surface area is 150 Å². The number of rotatable bonds is 2. The lowest BCUT2D eigenvalue weighted by atomic mass is 9.93. The van der Waals surface area contributed by atoms with E-state index in [4.69, 9.17) is 11.6 Å². The highest BCUT2D eigenvalue weighted by Crippen LogP contribution is 2.47. The fourth-order valence-corrected chi connectivity index (χ4v) is 4.06. The van der Waals surface area contributed by atoms with Crippen molar-refractivity contribution in [3.63, 3.8) is 0 Å². The number of hydrogen-bond acceptors (Lipinski definition) is 3. The number of aromatic amines is 1. The second-order valence-electron chi connectivity index (χ2n) is 6.79. The summed E-state index contributed by atoms with van der Waals surface area (Å²) in [6.07, 6.45) is 4.94. The first-order valence-corrected chi connectivity index (χ1v) is 8.99. The molecule has 0 saturated heterocycles. The van der Waals surface area contributed by atoms with Crippen molar-refractivity contribution in [2.24, 2.45) is 5.92 Å².